The van der Waals surface area contributed by atoms with E-state index in [4.69, 9.17) is 14.2 Å². The number of carbonyl (C=O) groups is 2. The van der Waals surface area contributed by atoms with Gasteiger partial charge in [0.05, 0.1) is 13.2 Å². The van der Waals surface area contributed by atoms with Crippen LogP contribution in [0.15, 0.2) is 35.9 Å². The summed E-state index contributed by atoms with van der Waals surface area (Å²) < 4.78 is 17.0. The summed E-state index contributed by atoms with van der Waals surface area (Å²) in [4.78, 5) is 28.0. The van der Waals surface area contributed by atoms with Crippen LogP contribution in [0.4, 0.5) is 10.5 Å². The van der Waals surface area contributed by atoms with Crippen molar-refractivity contribution in [1.82, 2.24) is 0 Å². The number of hydrogen-bond acceptors (Lipinski definition) is 5. The summed E-state index contributed by atoms with van der Waals surface area (Å²) >= 11 is 0. The van der Waals surface area contributed by atoms with E-state index in [-0.39, 0.29) is 17.8 Å². The Bertz CT molecular complexity index is 777. The average molecular weight is 387 g/mol. The quantitative estimate of drug-likeness (QED) is 0.727. The zero-order valence-electron chi connectivity index (χ0n) is 17.4. The summed E-state index contributed by atoms with van der Waals surface area (Å²) in [7, 11) is 1.58. The van der Waals surface area contributed by atoms with Crippen LogP contribution >= 0.6 is 0 Å². The van der Waals surface area contributed by atoms with E-state index in [1.165, 1.54) is 4.90 Å². The third kappa shape index (κ3) is 3.78. The van der Waals surface area contributed by atoms with Gasteiger partial charge in [-0.3, -0.25) is 9.69 Å². The van der Waals surface area contributed by atoms with Crippen LogP contribution in [-0.4, -0.2) is 42.8 Å². The topological polar surface area (TPSA) is 65.1 Å². The minimum Gasteiger partial charge on any atom is -0.497 e. The van der Waals surface area contributed by atoms with Crippen molar-refractivity contribution < 1.29 is 23.8 Å². The number of ether oxygens (including phenoxy) is 3. The van der Waals surface area contributed by atoms with Gasteiger partial charge in [0.25, 0.3) is 0 Å². The Morgan fingerprint density at radius 3 is 2.39 bits per heavy atom. The zero-order chi connectivity index (χ0) is 20.6. The number of hydrogen-bond donors (Lipinski definition) is 0. The molecule has 28 heavy (non-hydrogen) atoms. The van der Waals surface area contributed by atoms with Gasteiger partial charge in [0.1, 0.15) is 23.5 Å². The SMILES string of the molecule is CC[C@H]1C(=O)[C@H](N(C(=O)OC(C)(C)C)c2ccc(OC)cc2)[C@H]2O[C@@H]1C=C2C. The highest BCUT2D eigenvalue weighted by Gasteiger charge is 2.52. The van der Waals surface area contributed by atoms with Crippen LogP contribution in [0.1, 0.15) is 41.0 Å². The maximum atomic E-state index is 13.4. The molecule has 0 aliphatic carbocycles. The fourth-order valence-corrected chi connectivity index (χ4v) is 3.86. The second-order valence-electron chi connectivity index (χ2n) is 8.34. The average Bonchev–Trinajstić information content (AvgIpc) is 2.95. The van der Waals surface area contributed by atoms with Crippen molar-refractivity contribution in [2.45, 2.75) is 64.9 Å². The van der Waals surface area contributed by atoms with Crippen molar-refractivity contribution in [3.05, 3.63) is 35.9 Å². The van der Waals surface area contributed by atoms with Crippen molar-refractivity contribution in [2.75, 3.05) is 12.0 Å². The molecule has 0 aromatic heterocycles. The lowest BCUT2D eigenvalue weighted by atomic mass is 9.87. The van der Waals surface area contributed by atoms with E-state index in [0.29, 0.717) is 17.9 Å². The van der Waals surface area contributed by atoms with Crippen molar-refractivity contribution in [3.63, 3.8) is 0 Å². The highest BCUT2D eigenvalue weighted by molar-refractivity contribution is 6.01. The standard InChI is InChI=1S/C22H29NO5/c1-7-16-17-12-13(2)20(27-17)18(19(16)24)23(21(25)28-22(3,4)5)14-8-10-15(26-6)11-9-14/h8-12,16-18,20H,7H2,1-6H3/t16-,17-,18+,20+/m1/s1. The highest BCUT2D eigenvalue weighted by atomic mass is 16.6. The summed E-state index contributed by atoms with van der Waals surface area (Å²) in [5.41, 5.74) is 0.861. The van der Waals surface area contributed by atoms with Gasteiger partial charge in [-0.05, 0) is 64.0 Å². The lowest BCUT2D eigenvalue weighted by Gasteiger charge is -2.41. The Labute approximate surface area is 166 Å². The number of nitrogens with zero attached hydrogens (tertiary/aromatic N) is 1. The molecule has 2 bridgehead atoms. The number of fused-ring (bicyclic) bond motifs is 2. The van der Waals surface area contributed by atoms with Crippen LogP contribution in [-0.2, 0) is 14.3 Å². The molecule has 1 amide bonds. The molecule has 6 heteroatoms. The molecule has 2 aliphatic heterocycles. The summed E-state index contributed by atoms with van der Waals surface area (Å²) in [6, 6.07) is 6.29. The smallest absolute Gasteiger partial charge is 0.415 e. The molecule has 0 spiro atoms. The molecule has 0 unspecified atom stereocenters. The Kier molecular flexibility index (Phi) is 5.53. The second kappa shape index (κ2) is 7.59. The van der Waals surface area contributed by atoms with Crippen LogP contribution in [0.3, 0.4) is 0 Å². The van der Waals surface area contributed by atoms with E-state index < -0.39 is 23.8 Å². The highest BCUT2D eigenvalue weighted by Crippen LogP contribution is 2.39. The Morgan fingerprint density at radius 1 is 1.21 bits per heavy atom. The summed E-state index contributed by atoms with van der Waals surface area (Å²) in [5, 5.41) is 0. The fraction of sp³-hybridized carbons (Fsp3) is 0.545. The molecule has 3 rings (SSSR count). The monoisotopic (exact) mass is 387 g/mol. The van der Waals surface area contributed by atoms with Gasteiger partial charge in [0, 0.05) is 11.6 Å². The van der Waals surface area contributed by atoms with Gasteiger partial charge in [0.2, 0.25) is 0 Å². The largest absolute Gasteiger partial charge is 0.497 e. The molecule has 1 fully saturated rings. The minimum absolute atomic E-state index is 0.0125. The number of amides is 1. The van der Waals surface area contributed by atoms with E-state index in [0.717, 1.165) is 5.57 Å². The maximum Gasteiger partial charge on any atom is 0.415 e. The van der Waals surface area contributed by atoms with Gasteiger partial charge in [-0.25, -0.2) is 4.79 Å². The van der Waals surface area contributed by atoms with Gasteiger partial charge < -0.3 is 14.2 Å². The first-order valence-corrected chi connectivity index (χ1v) is 9.70. The first-order chi connectivity index (χ1) is 13.2. The Hall–Kier alpha value is -2.34. The van der Waals surface area contributed by atoms with Crippen LogP contribution in [0, 0.1) is 5.92 Å². The van der Waals surface area contributed by atoms with E-state index in [2.05, 4.69) is 0 Å². The number of carbonyl (C=O) groups excluding carboxylic acids is 2. The van der Waals surface area contributed by atoms with Crippen LogP contribution in [0.2, 0.25) is 0 Å². The van der Waals surface area contributed by atoms with Gasteiger partial charge in [-0.15, -0.1) is 0 Å². The summed E-state index contributed by atoms with van der Waals surface area (Å²) in [6.07, 6.45) is 1.43. The Morgan fingerprint density at radius 2 is 1.86 bits per heavy atom. The number of ketones is 1. The predicted octanol–water partition coefficient (Wildman–Crippen LogP) is 4.13. The van der Waals surface area contributed by atoms with Gasteiger partial charge in [-0.2, -0.15) is 0 Å². The van der Waals surface area contributed by atoms with Crippen molar-refractivity contribution in [1.29, 1.82) is 0 Å². The first kappa shape index (κ1) is 20.4. The molecule has 2 aliphatic rings. The summed E-state index contributed by atoms with van der Waals surface area (Å²) in [5.74, 6) is 0.406. The molecule has 1 aromatic rings. The van der Waals surface area contributed by atoms with E-state index in [1.807, 2.05) is 40.7 Å². The number of benzene rings is 1. The number of Topliss-reactive ketones (excluding diaryl/α,β-unsaturated/α-hetero) is 1. The van der Waals surface area contributed by atoms with Gasteiger partial charge in [0.15, 0.2) is 5.78 Å². The minimum atomic E-state index is -0.761. The summed E-state index contributed by atoms with van der Waals surface area (Å²) in [6.45, 7) is 9.34. The van der Waals surface area contributed by atoms with Crippen molar-refractivity contribution in [3.8, 4) is 5.75 Å². The Balaban J connectivity index is 2.05. The molecule has 1 saturated heterocycles. The van der Waals surface area contributed by atoms with Crippen LogP contribution in [0.5, 0.6) is 5.75 Å². The third-order valence-electron chi connectivity index (χ3n) is 5.18. The molecule has 2 heterocycles. The molecule has 6 nitrogen and oxygen atoms in total. The van der Waals surface area contributed by atoms with Gasteiger partial charge >= 0.3 is 6.09 Å². The van der Waals surface area contributed by atoms with Crippen LogP contribution < -0.4 is 9.64 Å². The molecular weight excluding hydrogens is 358 g/mol. The maximum absolute atomic E-state index is 13.4. The molecule has 0 N–H and O–H groups in total. The number of rotatable bonds is 4. The normalized spacial score (nSPS) is 26.6. The molecular formula is C22H29NO5. The second-order valence-corrected chi connectivity index (χ2v) is 8.34. The number of anilines is 1. The van der Waals surface area contributed by atoms with Gasteiger partial charge in [-0.1, -0.05) is 13.0 Å². The first-order valence-electron chi connectivity index (χ1n) is 9.70. The van der Waals surface area contributed by atoms with E-state index in [1.54, 1.807) is 31.4 Å². The molecule has 152 valence electrons. The van der Waals surface area contributed by atoms with E-state index >= 15 is 0 Å². The number of methoxy groups -OCH3 is 1. The van der Waals surface area contributed by atoms with Crippen LogP contribution in [0.25, 0.3) is 0 Å². The molecule has 0 radical (unpaired) electrons. The molecule has 4 atom stereocenters. The van der Waals surface area contributed by atoms with E-state index in [9.17, 15) is 9.59 Å². The van der Waals surface area contributed by atoms with Crippen molar-refractivity contribution >= 4 is 17.6 Å². The predicted molar refractivity (Wildman–Crippen MR) is 107 cm³/mol. The lowest BCUT2D eigenvalue weighted by Crippen LogP contribution is -2.59. The third-order valence-corrected chi connectivity index (χ3v) is 5.18. The molecule has 1 aromatic carbocycles. The molecule has 0 saturated carbocycles. The zero-order valence-corrected chi connectivity index (χ0v) is 17.4. The fourth-order valence-electron chi connectivity index (χ4n) is 3.86. The van der Waals surface area contributed by atoms with Crippen molar-refractivity contribution in [2.24, 2.45) is 5.92 Å². The lowest BCUT2D eigenvalue weighted by molar-refractivity contribution is -0.139.